The molecule has 2 N–H and O–H groups in total. The van der Waals surface area contributed by atoms with Gasteiger partial charge in [0.25, 0.3) is 0 Å². The van der Waals surface area contributed by atoms with Gasteiger partial charge in [-0.15, -0.1) is 0 Å². The number of rotatable bonds is 5. The van der Waals surface area contributed by atoms with Gasteiger partial charge in [0, 0.05) is 16.0 Å². The van der Waals surface area contributed by atoms with E-state index in [-0.39, 0.29) is 0 Å². The van der Waals surface area contributed by atoms with Crippen molar-refractivity contribution >= 4 is 21.6 Å². The highest BCUT2D eigenvalue weighted by Crippen LogP contribution is 2.31. The zero-order chi connectivity index (χ0) is 15.5. The van der Waals surface area contributed by atoms with Crippen molar-refractivity contribution in [2.24, 2.45) is 5.73 Å². The molecule has 0 aromatic heterocycles. The van der Waals surface area contributed by atoms with Crippen molar-refractivity contribution in [2.45, 2.75) is 28.0 Å². The molecule has 0 aliphatic rings. The fourth-order valence-electron chi connectivity index (χ4n) is 2.03. The van der Waals surface area contributed by atoms with Gasteiger partial charge in [-0.2, -0.15) is 0 Å². The molecule has 3 nitrogen and oxygen atoms in total. The first-order valence-electron chi connectivity index (χ1n) is 6.68. The number of hydrogen-bond donors (Lipinski definition) is 1. The van der Waals surface area contributed by atoms with Gasteiger partial charge in [-0.05, 0) is 61.3 Å². The van der Waals surface area contributed by atoms with E-state index in [1.807, 2.05) is 12.1 Å². The van der Waals surface area contributed by atoms with Gasteiger partial charge in [-0.25, -0.2) is 8.42 Å². The van der Waals surface area contributed by atoms with E-state index in [9.17, 15) is 8.42 Å². The molecule has 0 fully saturated rings. The monoisotopic (exact) mass is 321 g/mol. The molecule has 0 amide bonds. The van der Waals surface area contributed by atoms with Gasteiger partial charge in [0.15, 0.2) is 9.84 Å². The molecule has 2 aromatic rings. The number of aryl methyl sites for hydroxylation is 1. The van der Waals surface area contributed by atoms with Crippen LogP contribution >= 0.6 is 11.8 Å². The van der Waals surface area contributed by atoms with Crippen molar-refractivity contribution in [3.05, 3.63) is 53.6 Å². The minimum absolute atomic E-state index is 0.349. The van der Waals surface area contributed by atoms with Crippen LogP contribution in [0.25, 0.3) is 0 Å². The maximum atomic E-state index is 11.4. The molecule has 0 bridgehead atoms. The summed E-state index contributed by atoms with van der Waals surface area (Å²) in [5, 5.41) is 0. The van der Waals surface area contributed by atoms with Gasteiger partial charge >= 0.3 is 0 Å². The average molecular weight is 321 g/mol. The fourth-order valence-corrected chi connectivity index (χ4v) is 3.54. The van der Waals surface area contributed by atoms with Crippen LogP contribution in [-0.4, -0.2) is 21.2 Å². The molecular weight excluding hydrogens is 302 g/mol. The smallest absolute Gasteiger partial charge is 0.175 e. The maximum Gasteiger partial charge on any atom is 0.175 e. The topological polar surface area (TPSA) is 60.2 Å². The van der Waals surface area contributed by atoms with E-state index < -0.39 is 9.84 Å². The van der Waals surface area contributed by atoms with Crippen molar-refractivity contribution in [2.75, 3.05) is 12.8 Å². The van der Waals surface area contributed by atoms with E-state index in [1.54, 1.807) is 23.9 Å². The Balaban J connectivity index is 2.18. The molecule has 0 aliphatic carbocycles. The lowest BCUT2D eigenvalue weighted by atomic mass is 10.1. The maximum absolute atomic E-state index is 11.4. The number of benzene rings is 2. The zero-order valence-corrected chi connectivity index (χ0v) is 13.8. The van der Waals surface area contributed by atoms with Crippen LogP contribution in [0.15, 0.2) is 57.2 Å². The van der Waals surface area contributed by atoms with Crippen molar-refractivity contribution in [1.29, 1.82) is 0 Å². The van der Waals surface area contributed by atoms with Crippen LogP contribution in [0.5, 0.6) is 0 Å². The Bertz CT molecular complexity index is 722. The molecule has 5 heteroatoms. The summed E-state index contributed by atoms with van der Waals surface area (Å²) in [5.41, 5.74) is 8.02. The van der Waals surface area contributed by atoms with Crippen LogP contribution in [0, 0.1) is 6.92 Å². The highest BCUT2D eigenvalue weighted by atomic mass is 32.2. The summed E-state index contributed by atoms with van der Waals surface area (Å²) in [6.07, 6.45) is 2.10. The first-order chi connectivity index (χ1) is 9.90. The summed E-state index contributed by atoms with van der Waals surface area (Å²) in [6.45, 7) is 2.73. The normalized spacial score (nSPS) is 11.6. The number of sulfone groups is 1. The first kappa shape index (κ1) is 16.1. The van der Waals surface area contributed by atoms with Crippen LogP contribution in [0.2, 0.25) is 0 Å². The van der Waals surface area contributed by atoms with E-state index in [1.165, 1.54) is 22.3 Å². The summed E-state index contributed by atoms with van der Waals surface area (Å²) < 4.78 is 22.9. The van der Waals surface area contributed by atoms with Gasteiger partial charge < -0.3 is 5.73 Å². The van der Waals surface area contributed by atoms with Gasteiger partial charge in [-0.1, -0.05) is 23.9 Å². The second-order valence-corrected chi connectivity index (χ2v) is 8.12. The predicted molar refractivity (Wildman–Crippen MR) is 87.6 cm³/mol. The highest BCUT2D eigenvalue weighted by Gasteiger charge is 2.07. The first-order valence-corrected chi connectivity index (χ1v) is 9.38. The van der Waals surface area contributed by atoms with Crippen molar-refractivity contribution in [3.8, 4) is 0 Å². The van der Waals surface area contributed by atoms with Crippen LogP contribution in [0.3, 0.4) is 0 Å². The summed E-state index contributed by atoms with van der Waals surface area (Å²) in [6, 6.07) is 13.3. The third-order valence-corrected chi connectivity index (χ3v) is 5.47. The van der Waals surface area contributed by atoms with Gasteiger partial charge in [-0.3, -0.25) is 0 Å². The molecule has 2 aromatic carbocycles. The molecule has 0 aliphatic heterocycles. The van der Waals surface area contributed by atoms with Gasteiger partial charge in [0.1, 0.15) is 0 Å². The van der Waals surface area contributed by atoms with Crippen LogP contribution in [0.4, 0.5) is 0 Å². The zero-order valence-electron chi connectivity index (χ0n) is 12.2. The van der Waals surface area contributed by atoms with Crippen molar-refractivity contribution < 1.29 is 8.42 Å². The quantitative estimate of drug-likeness (QED) is 0.919. The standard InChI is InChI=1S/C16H19NO2S2/c1-12-11-13(9-10-17)3-8-16(12)20-14-4-6-15(7-5-14)21(2,18)19/h3-8,11H,9-10,17H2,1-2H3. The van der Waals surface area contributed by atoms with Crippen molar-refractivity contribution in [1.82, 2.24) is 0 Å². The molecule has 0 heterocycles. The molecular formula is C16H19NO2S2. The lowest BCUT2D eigenvalue weighted by molar-refractivity contribution is 0.602. The summed E-state index contributed by atoms with van der Waals surface area (Å²) in [4.78, 5) is 2.54. The largest absolute Gasteiger partial charge is 0.330 e. The molecule has 21 heavy (non-hydrogen) atoms. The Kier molecular flexibility index (Phi) is 5.08. The SMILES string of the molecule is Cc1cc(CCN)ccc1Sc1ccc(S(C)(=O)=O)cc1. The number of hydrogen-bond acceptors (Lipinski definition) is 4. The lowest BCUT2D eigenvalue weighted by Crippen LogP contribution is -2.02. The number of nitrogens with two attached hydrogens (primary N) is 1. The van der Waals surface area contributed by atoms with E-state index in [2.05, 4.69) is 25.1 Å². The van der Waals surface area contributed by atoms with Crippen LogP contribution in [0.1, 0.15) is 11.1 Å². The average Bonchev–Trinajstić information content (AvgIpc) is 2.42. The van der Waals surface area contributed by atoms with Gasteiger partial charge in [0.2, 0.25) is 0 Å². The molecule has 112 valence electrons. The van der Waals surface area contributed by atoms with Gasteiger partial charge in [0.05, 0.1) is 4.90 Å². The van der Waals surface area contributed by atoms with E-state index in [0.717, 1.165) is 11.3 Å². The Morgan fingerprint density at radius 2 is 1.76 bits per heavy atom. The molecule has 0 saturated heterocycles. The molecule has 0 atom stereocenters. The Morgan fingerprint density at radius 3 is 2.29 bits per heavy atom. The second-order valence-electron chi connectivity index (χ2n) is 4.98. The highest BCUT2D eigenvalue weighted by molar-refractivity contribution is 7.99. The van der Waals surface area contributed by atoms with E-state index >= 15 is 0 Å². The molecule has 0 radical (unpaired) electrons. The van der Waals surface area contributed by atoms with E-state index in [0.29, 0.717) is 11.4 Å². The van der Waals surface area contributed by atoms with E-state index in [4.69, 9.17) is 5.73 Å². The van der Waals surface area contributed by atoms with Crippen LogP contribution < -0.4 is 5.73 Å². The summed E-state index contributed by atoms with van der Waals surface area (Å²) in [5.74, 6) is 0. The third kappa shape index (κ3) is 4.33. The third-order valence-electron chi connectivity index (χ3n) is 3.15. The summed E-state index contributed by atoms with van der Waals surface area (Å²) >= 11 is 1.63. The van der Waals surface area contributed by atoms with Crippen molar-refractivity contribution in [3.63, 3.8) is 0 Å². The molecule has 0 spiro atoms. The second kappa shape index (κ2) is 6.64. The Hall–Kier alpha value is -1.30. The Morgan fingerprint density at radius 1 is 1.10 bits per heavy atom. The lowest BCUT2D eigenvalue weighted by Gasteiger charge is -2.08. The minimum Gasteiger partial charge on any atom is -0.330 e. The molecule has 2 rings (SSSR count). The fraction of sp³-hybridized carbons (Fsp3) is 0.250. The molecule has 0 unspecified atom stereocenters. The predicted octanol–water partition coefficient (Wildman–Crippen LogP) is 3.05. The van der Waals surface area contributed by atoms with Crippen LogP contribution in [-0.2, 0) is 16.3 Å². The minimum atomic E-state index is -3.13. The summed E-state index contributed by atoms with van der Waals surface area (Å²) in [7, 11) is -3.13. The Labute approximate surface area is 130 Å². The molecule has 0 saturated carbocycles.